The minimum atomic E-state index is -0.325. The Labute approximate surface area is 65.3 Å². The Hall–Kier alpha value is -1.08. The van der Waals surface area contributed by atoms with Crippen LogP contribution in [0.15, 0.2) is 24.3 Å². The molecule has 0 N–H and O–H groups in total. The predicted molar refractivity (Wildman–Crippen MR) is 39.4 cm³/mol. The van der Waals surface area contributed by atoms with E-state index in [4.69, 9.17) is 4.52 Å². The normalized spacial score (nSPS) is 16.9. The van der Waals surface area contributed by atoms with Gasteiger partial charge >= 0.3 is 5.97 Å². The van der Waals surface area contributed by atoms with Gasteiger partial charge in [-0.05, 0) is 12.1 Å². The van der Waals surface area contributed by atoms with Crippen molar-refractivity contribution >= 4 is 15.0 Å². The van der Waals surface area contributed by atoms with E-state index in [9.17, 15) is 4.79 Å². The Bertz CT molecular complexity index is 297. The van der Waals surface area contributed by atoms with Crippen LogP contribution in [0, 0.1) is 0 Å². The molecule has 3 nitrogen and oxygen atoms in total. The molecule has 1 aliphatic rings. The van der Waals surface area contributed by atoms with Gasteiger partial charge in [0.15, 0.2) is 0 Å². The van der Waals surface area contributed by atoms with Crippen LogP contribution in [0.5, 0.6) is 5.75 Å². The maximum atomic E-state index is 11.0. The summed E-state index contributed by atoms with van der Waals surface area (Å²) >= 11 is 0. The van der Waals surface area contributed by atoms with E-state index < -0.39 is 0 Å². The highest BCUT2D eigenvalue weighted by molar-refractivity contribution is 7.27. The summed E-state index contributed by atoms with van der Waals surface area (Å²) in [6, 6.07) is 6.99. The van der Waals surface area contributed by atoms with E-state index in [-0.39, 0.29) is 15.0 Å². The second kappa shape index (κ2) is 2.51. The van der Waals surface area contributed by atoms with Gasteiger partial charge < -0.3 is 9.05 Å². The Kier molecular flexibility index (Phi) is 1.51. The zero-order valence-corrected chi connectivity index (χ0v) is 6.38. The first-order valence-corrected chi connectivity index (χ1v) is 3.79. The number of benzene rings is 1. The lowest BCUT2D eigenvalue weighted by atomic mass is 10.2. The highest BCUT2D eigenvalue weighted by atomic mass is 31.1. The highest BCUT2D eigenvalue weighted by Crippen LogP contribution is 2.32. The molecule has 0 fully saturated rings. The molecule has 1 aromatic rings. The minimum absolute atomic E-state index is 0.248. The predicted octanol–water partition coefficient (Wildman–Crippen LogP) is 2.01. The van der Waals surface area contributed by atoms with Crippen molar-refractivity contribution in [1.82, 2.24) is 0 Å². The largest absolute Gasteiger partial charge is 0.627 e. The second-order valence-electron chi connectivity index (χ2n) is 2.04. The van der Waals surface area contributed by atoms with Gasteiger partial charge in [-0.25, -0.2) is 4.79 Å². The van der Waals surface area contributed by atoms with Crippen LogP contribution in [0.2, 0.25) is 0 Å². The quantitative estimate of drug-likeness (QED) is 0.554. The Morgan fingerprint density at radius 3 is 2.82 bits per heavy atom. The van der Waals surface area contributed by atoms with Crippen molar-refractivity contribution < 1.29 is 13.8 Å². The summed E-state index contributed by atoms with van der Waals surface area (Å²) in [6.07, 6.45) is 0. The fourth-order valence-corrected chi connectivity index (χ4v) is 1.30. The van der Waals surface area contributed by atoms with E-state index in [1.165, 1.54) is 0 Å². The molecule has 0 atom stereocenters. The molecule has 0 saturated carbocycles. The fraction of sp³-hybridized carbons (Fsp3) is 0. The maximum absolute atomic E-state index is 11.0. The summed E-state index contributed by atoms with van der Waals surface area (Å²) in [7, 11) is 0.248. The lowest BCUT2D eigenvalue weighted by Gasteiger charge is -2.28. The van der Waals surface area contributed by atoms with Gasteiger partial charge in [0.25, 0.3) is 0 Å². The first-order valence-electron chi connectivity index (χ1n) is 3.05. The summed E-state index contributed by atoms with van der Waals surface area (Å²) in [6.45, 7) is 0. The minimum Gasteiger partial charge on any atom is -0.627 e. The molecule has 0 radical (unpaired) electrons. The van der Waals surface area contributed by atoms with Gasteiger partial charge in [0.05, 0.1) is 5.56 Å². The molecule has 4 heteroatoms. The van der Waals surface area contributed by atoms with Crippen LogP contribution in [-0.2, 0) is 4.52 Å². The van der Waals surface area contributed by atoms with Gasteiger partial charge in [-0.1, -0.05) is 12.1 Å². The van der Waals surface area contributed by atoms with Gasteiger partial charge in [-0.3, -0.25) is 0 Å². The molecule has 0 aliphatic carbocycles. The number of hydrogen-bond donors (Lipinski definition) is 0. The summed E-state index contributed by atoms with van der Waals surface area (Å²) in [4.78, 5) is 11.0. The van der Waals surface area contributed by atoms with Crippen molar-refractivity contribution in [3.05, 3.63) is 29.8 Å². The van der Waals surface area contributed by atoms with Crippen LogP contribution in [0.3, 0.4) is 0 Å². The van der Waals surface area contributed by atoms with E-state index in [1.807, 2.05) is 6.07 Å². The number of fused-ring (bicyclic) bond motifs is 1. The number of para-hydroxylation sites is 1. The van der Waals surface area contributed by atoms with E-state index >= 15 is 0 Å². The van der Waals surface area contributed by atoms with Gasteiger partial charge in [0, 0.05) is 0 Å². The number of hydrogen-bond acceptors (Lipinski definition) is 3. The third-order valence-corrected chi connectivity index (χ3v) is 1.87. The van der Waals surface area contributed by atoms with Crippen molar-refractivity contribution in [3.8, 4) is 5.75 Å². The SMILES string of the molecule is O=C1O[P-]Oc2ccccc21. The number of rotatable bonds is 0. The zero-order chi connectivity index (χ0) is 7.68. The molecule has 0 spiro atoms. The van der Waals surface area contributed by atoms with Crippen molar-refractivity contribution in [1.29, 1.82) is 0 Å². The van der Waals surface area contributed by atoms with Crippen LogP contribution in [-0.4, -0.2) is 5.97 Å². The molecule has 0 saturated heterocycles. The molecule has 1 aliphatic heterocycles. The second-order valence-corrected chi connectivity index (χ2v) is 2.55. The molecule has 0 aromatic heterocycles. The fourth-order valence-electron chi connectivity index (χ4n) is 0.857. The van der Waals surface area contributed by atoms with E-state index in [2.05, 4.69) is 4.52 Å². The summed E-state index contributed by atoms with van der Waals surface area (Å²) in [5, 5.41) is 0. The third-order valence-electron chi connectivity index (χ3n) is 1.36. The maximum Gasteiger partial charge on any atom is 0.313 e. The lowest BCUT2D eigenvalue weighted by molar-refractivity contribution is 0.0732. The molecule has 1 heterocycles. The molecular weight excluding hydrogens is 163 g/mol. The van der Waals surface area contributed by atoms with Crippen LogP contribution in [0.1, 0.15) is 10.4 Å². The Morgan fingerprint density at radius 1 is 1.18 bits per heavy atom. The first-order chi connectivity index (χ1) is 5.38. The molecule has 0 bridgehead atoms. The smallest absolute Gasteiger partial charge is 0.313 e. The van der Waals surface area contributed by atoms with Crippen molar-refractivity contribution in [2.24, 2.45) is 0 Å². The van der Waals surface area contributed by atoms with Crippen molar-refractivity contribution in [2.45, 2.75) is 0 Å². The van der Waals surface area contributed by atoms with Gasteiger partial charge in [0.2, 0.25) is 0 Å². The average molecular weight is 167 g/mol. The Balaban J connectivity index is 2.52. The molecule has 0 amide bonds. The summed E-state index contributed by atoms with van der Waals surface area (Å²) in [5.74, 6) is 0.263. The lowest BCUT2D eigenvalue weighted by Crippen LogP contribution is -2.06. The van der Waals surface area contributed by atoms with Gasteiger partial charge in [-0.15, -0.1) is 9.03 Å². The van der Waals surface area contributed by atoms with E-state index in [0.29, 0.717) is 11.3 Å². The highest BCUT2D eigenvalue weighted by Gasteiger charge is 2.11. The summed E-state index contributed by atoms with van der Waals surface area (Å²) in [5.41, 5.74) is 0.492. The Morgan fingerprint density at radius 2 is 2.00 bits per heavy atom. The van der Waals surface area contributed by atoms with E-state index in [1.54, 1.807) is 18.2 Å². The average Bonchev–Trinajstić information content (AvgIpc) is 2.06. The third kappa shape index (κ3) is 1.08. The molecule has 56 valence electrons. The monoisotopic (exact) mass is 167 g/mol. The van der Waals surface area contributed by atoms with E-state index in [0.717, 1.165) is 0 Å². The molecule has 11 heavy (non-hydrogen) atoms. The molecule has 2 rings (SSSR count). The molecule has 0 unspecified atom stereocenters. The molecule has 1 aromatic carbocycles. The van der Waals surface area contributed by atoms with Crippen LogP contribution >= 0.6 is 9.03 Å². The zero-order valence-electron chi connectivity index (χ0n) is 5.48. The van der Waals surface area contributed by atoms with Gasteiger partial charge in [-0.2, -0.15) is 0 Å². The summed E-state index contributed by atoms with van der Waals surface area (Å²) < 4.78 is 9.64. The van der Waals surface area contributed by atoms with Crippen LogP contribution in [0.25, 0.3) is 0 Å². The number of carbonyl (C=O) groups is 1. The van der Waals surface area contributed by atoms with Crippen molar-refractivity contribution in [2.75, 3.05) is 0 Å². The van der Waals surface area contributed by atoms with Crippen LogP contribution < -0.4 is 4.52 Å². The van der Waals surface area contributed by atoms with Gasteiger partial charge in [0.1, 0.15) is 5.75 Å². The first kappa shape index (κ1) is 6.62. The number of carbonyl (C=O) groups excluding carboxylic acids is 1. The standard InChI is InChI=1S/C7H4O3P/c8-7-5-3-1-2-4-6(5)9-11-10-7/h1-4H/q-1. The topological polar surface area (TPSA) is 35.5 Å². The van der Waals surface area contributed by atoms with Crippen LogP contribution in [0.4, 0.5) is 0 Å². The molecular formula is C7H4O3P-. The van der Waals surface area contributed by atoms with Crippen molar-refractivity contribution in [3.63, 3.8) is 0 Å².